The summed E-state index contributed by atoms with van der Waals surface area (Å²) in [4.78, 5) is 0. The Morgan fingerprint density at radius 3 is 2.85 bits per heavy atom. The molecular formula is C18H20O2. The highest BCUT2D eigenvalue weighted by Gasteiger charge is 2.16. The summed E-state index contributed by atoms with van der Waals surface area (Å²) < 4.78 is 5.51. The van der Waals surface area contributed by atoms with Gasteiger partial charge in [-0.1, -0.05) is 43.7 Å². The lowest BCUT2D eigenvalue weighted by Crippen LogP contribution is -2.01. The third-order valence-electron chi connectivity index (χ3n) is 3.83. The predicted molar refractivity (Wildman–Crippen MR) is 80.1 cm³/mol. The summed E-state index contributed by atoms with van der Waals surface area (Å²) in [5, 5.41) is 10.6. The van der Waals surface area contributed by atoms with E-state index in [-0.39, 0.29) is 0 Å². The summed E-state index contributed by atoms with van der Waals surface area (Å²) in [7, 11) is 0. The molecule has 20 heavy (non-hydrogen) atoms. The van der Waals surface area contributed by atoms with E-state index in [1.807, 2.05) is 24.3 Å². The number of fused-ring (bicyclic) bond motifs is 1. The Morgan fingerprint density at radius 1 is 1.15 bits per heavy atom. The first-order valence-corrected chi connectivity index (χ1v) is 7.30. The molecule has 1 aliphatic rings. The van der Waals surface area contributed by atoms with E-state index in [1.54, 1.807) is 0 Å². The fourth-order valence-corrected chi connectivity index (χ4v) is 2.78. The van der Waals surface area contributed by atoms with Gasteiger partial charge < -0.3 is 9.84 Å². The summed E-state index contributed by atoms with van der Waals surface area (Å²) in [6.45, 7) is 2.92. The van der Waals surface area contributed by atoms with Gasteiger partial charge in [-0.25, -0.2) is 0 Å². The minimum Gasteiger partial charge on any atom is -0.493 e. The summed E-state index contributed by atoms with van der Waals surface area (Å²) >= 11 is 0. The fraction of sp³-hybridized carbons (Fsp3) is 0.333. The van der Waals surface area contributed by atoms with Crippen LogP contribution in [0.15, 0.2) is 42.5 Å². The van der Waals surface area contributed by atoms with Crippen LogP contribution in [0.5, 0.6) is 5.75 Å². The molecule has 0 fully saturated rings. The lowest BCUT2D eigenvalue weighted by atomic mass is 9.97. The van der Waals surface area contributed by atoms with Crippen molar-refractivity contribution >= 4 is 0 Å². The molecule has 0 aliphatic carbocycles. The van der Waals surface area contributed by atoms with Crippen molar-refractivity contribution in [3.8, 4) is 5.75 Å². The average molecular weight is 268 g/mol. The zero-order valence-electron chi connectivity index (χ0n) is 11.8. The van der Waals surface area contributed by atoms with E-state index in [4.69, 9.17) is 4.74 Å². The Hall–Kier alpha value is -1.80. The van der Waals surface area contributed by atoms with Crippen LogP contribution < -0.4 is 4.74 Å². The highest BCUT2D eigenvalue weighted by molar-refractivity contribution is 5.43. The van der Waals surface area contributed by atoms with Crippen LogP contribution in [0.3, 0.4) is 0 Å². The number of aryl methyl sites for hydroxylation is 1. The van der Waals surface area contributed by atoms with Gasteiger partial charge in [-0.05, 0) is 40.8 Å². The molecular weight excluding hydrogens is 248 g/mol. The van der Waals surface area contributed by atoms with Gasteiger partial charge in [0.15, 0.2) is 0 Å². The number of aliphatic hydroxyl groups excluding tert-OH is 1. The lowest BCUT2D eigenvalue weighted by Gasteiger charge is -2.14. The highest BCUT2D eigenvalue weighted by Crippen LogP contribution is 2.30. The van der Waals surface area contributed by atoms with Crippen molar-refractivity contribution in [2.24, 2.45) is 0 Å². The minimum absolute atomic E-state index is 0.558. The molecule has 0 saturated heterocycles. The van der Waals surface area contributed by atoms with Gasteiger partial charge in [0.05, 0.1) is 6.61 Å². The third-order valence-corrected chi connectivity index (χ3v) is 3.83. The fourth-order valence-electron chi connectivity index (χ4n) is 2.78. The van der Waals surface area contributed by atoms with Crippen molar-refractivity contribution < 1.29 is 9.84 Å². The molecule has 1 N–H and O–H groups in total. The molecule has 0 radical (unpaired) electrons. The Bertz CT molecular complexity index is 604. The van der Waals surface area contributed by atoms with Crippen LogP contribution in [0, 0.1) is 0 Å². The van der Waals surface area contributed by atoms with Gasteiger partial charge in [-0.2, -0.15) is 0 Å². The quantitative estimate of drug-likeness (QED) is 0.917. The van der Waals surface area contributed by atoms with E-state index in [1.165, 1.54) is 11.1 Å². The zero-order chi connectivity index (χ0) is 13.9. The Kier molecular flexibility index (Phi) is 3.75. The first-order valence-electron chi connectivity index (χ1n) is 7.30. The van der Waals surface area contributed by atoms with Crippen molar-refractivity contribution in [1.82, 2.24) is 0 Å². The summed E-state index contributed by atoms with van der Waals surface area (Å²) in [6, 6.07) is 14.2. The van der Waals surface area contributed by atoms with Crippen molar-refractivity contribution in [1.29, 1.82) is 0 Å². The van der Waals surface area contributed by atoms with Crippen LogP contribution >= 0.6 is 0 Å². The second kappa shape index (κ2) is 5.68. The first-order chi connectivity index (χ1) is 9.78. The van der Waals surface area contributed by atoms with Crippen LogP contribution in [0.4, 0.5) is 0 Å². The van der Waals surface area contributed by atoms with Crippen LogP contribution in [0.2, 0.25) is 0 Å². The monoisotopic (exact) mass is 268 g/mol. The summed E-state index contributed by atoms with van der Waals surface area (Å²) in [6.07, 6.45) is 2.55. The minimum atomic E-state index is -0.558. The molecule has 1 unspecified atom stereocenters. The SMILES string of the molecule is CCCc1cccc(C(O)c2ccc3c(c2)CCO3)c1. The highest BCUT2D eigenvalue weighted by atomic mass is 16.5. The number of rotatable bonds is 4. The first kappa shape index (κ1) is 13.2. The van der Waals surface area contributed by atoms with Crippen LogP contribution in [0.25, 0.3) is 0 Å². The maximum Gasteiger partial charge on any atom is 0.122 e. The van der Waals surface area contributed by atoms with Crippen LogP contribution in [-0.4, -0.2) is 11.7 Å². The normalized spacial score (nSPS) is 14.7. The molecule has 0 bridgehead atoms. The van der Waals surface area contributed by atoms with E-state index >= 15 is 0 Å². The molecule has 1 aliphatic heterocycles. The molecule has 1 heterocycles. The maximum atomic E-state index is 10.6. The molecule has 2 aromatic rings. The topological polar surface area (TPSA) is 29.5 Å². The van der Waals surface area contributed by atoms with Crippen molar-refractivity contribution in [2.75, 3.05) is 6.61 Å². The van der Waals surface area contributed by atoms with Gasteiger partial charge in [0, 0.05) is 6.42 Å². The molecule has 0 aromatic heterocycles. The second-order valence-corrected chi connectivity index (χ2v) is 5.36. The standard InChI is InChI=1S/C18H20O2/c1-2-4-13-5-3-6-15(11-13)18(19)16-7-8-17-14(12-16)9-10-20-17/h3,5-8,11-12,18-19H,2,4,9-10H2,1H3. The molecule has 2 heteroatoms. The summed E-state index contributed by atoms with van der Waals surface area (Å²) in [5.41, 5.74) is 4.40. The molecule has 0 amide bonds. The largest absolute Gasteiger partial charge is 0.493 e. The zero-order valence-corrected chi connectivity index (χ0v) is 11.8. The second-order valence-electron chi connectivity index (χ2n) is 5.36. The molecule has 104 valence electrons. The maximum absolute atomic E-state index is 10.6. The van der Waals surface area contributed by atoms with E-state index < -0.39 is 6.10 Å². The van der Waals surface area contributed by atoms with Crippen molar-refractivity contribution in [3.05, 3.63) is 64.7 Å². The molecule has 2 aromatic carbocycles. The number of hydrogen-bond donors (Lipinski definition) is 1. The number of ether oxygens (including phenoxy) is 1. The molecule has 1 atom stereocenters. The smallest absolute Gasteiger partial charge is 0.122 e. The van der Waals surface area contributed by atoms with Crippen LogP contribution in [0.1, 0.15) is 41.7 Å². The van der Waals surface area contributed by atoms with Crippen molar-refractivity contribution in [3.63, 3.8) is 0 Å². The van der Waals surface area contributed by atoms with Gasteiger partial charge in [-0.15, -0.1) is 0 Å². The van der Waals surface area contributed by atoms with Gasteiger partial charge in [0.2, 0.25) is 0 Å². The number of hydrogen-bond acceptors (Lipinski definition) is 2. The van der Waals surface area contributed by atoms with Gasteiger partial charge >= 0.3 is 0 Å². The number of aliphatic hydroxyl groups is 1. The Morgan fingerprint density at radius 2 is 2.00 bits per heavy atom. The lowest BCUT2D eigenvalue weighted by molar-refractivity contribution is 0.220. The molecule has 3 rings (SSSR count). The Labute approximate surface area is 120 Å². The van der Waals surface area contributed by atoms with E-state index in [9.17, 15) is 5.11 Å². The van der Waals surface area contributed by atoms with Crippen LogP contribution in [-0.2, 0) is 12.8 Å². The third kappa shape index (κ3) is 2.56. The van der Waals surface area contributed by atoms with E-state index in [2.05, 4.69) is 25.1 Å². The molecule has 2 nitrogen and oxygen atoms in total. The average Bonchev–Trinajstić information content (AvgIpc) is 2.94. The van der Waals surface area contributed by atoms with Crippen molar-refractivity contribution in [2.45, 2.75) is 32.3 Å². The molecule has 0 spiro atoms. The predicted octanol–water partition coefficient (Wildman–Crippen LogP) is 3.66. The van der Waals surface area contributed by atoms with E-state index in [0.29, 0.717) is 0 Å². The summed E-state index contributed by atoms with van der Waals surface area (Å²) in [5.74, 6) is 0.959. The van der Waals surface area contributed by atoms with Gasteiger partial charge in [0.25, 0.3) is 0 Å². The van der Waals surface area contributed by atoms with Gasteiger partial charge in [-0.3, -0.25) is 0 Å². The van der Waals surface area contributed by atoms with E-state index in [0.717, 1.165) is 42.7 Å². The molecule has 0 saturated carbocycles. The number of benzene rings is 2. The van der Waals surface area contributed by atoms with Gasteiger partial charge in [0.1, 0.15) is 11.9 Å². The Balaban J connectivity index is 1.88.